The molecule has 21 heavy (non-hydrogen) atoms. The fourth-order valence-corrected chi connectivity index (χ4v) is 3.33. The first-order valence-electron chi connectivity index (χ1n) is 8.54. The van der Waals surface area contributed by atoms with Crippen molar-refractivity contribution in [3.8, 4) is 0 Å². The van der Waals surface area contributed by atoms with Crippen molar-refractivity contribution in [2.24, 2.45) is 11.8 Å². The lowest BCUT2D eigenvalue weighted by atomic mass is 9.79. The zero-order valence-corrected chi connectivity index (χ0v) is 13.4. The third kappa shape index (κ3) is 4.58. The molecule has 1 atom stereocenters. The summed E-state index contributed by atoms with van der Waals surface area (Å²) in [6, 6.07) is 0.0188. The Morgan fingerprint density at radius 2 is 2.14 bits per heavy atom. The highest BCUT2D eigenvalue weighted by atomic mass is 16.1. The number of nitrogens with one attached hydrogen (secondary N) is 2. The Kier molecular flexibility index (Phi) is 6.27. The maximum absolute atomic E-state index is 12.4. The van der Waals surface area contributed by atoms with Crippen molar-refractivity contribution in [3.05, 3.63) is 18.2 Å². The first-order chi connectivity index (χ1) is 10.2. The van der Waals surface area contributed by atoms with Crippen molar-refractivity contribution < 1.29 is 4.79 Å². The van der Waals surface area contributed by atoms with E-state index in [1.165, 1.54) is 32.1 Å². The molecule has 0 aromatic carbocycles. The first-order valence-corrected chi connectivity index (χ1v) is 8.54. The molecule has 1 aromatic rings. The second-order valence-corrected chi connectivity index (χ2v) is 6.30. The van der Waals surface area contributed by atoms with Gasteiger partial charge in [0, 0.05) is 18.3 Å². The molecule has 1 heterocycles. The van der Waals surface area contributed by atoms with Crippen LogP contribution in [0.25, 0.3) is 0 Å². The Balaban J connectivity index is 1.79. The molecule has 1 amide bonds. The van der Waals surface area contributed by atoms with E-state index in [0.717, 1.165) is 31.0 Å². The molecule has 1 aliphatic rings. The van der Waals surface area contributed by atoms with Gasteiger partial charge in [0.25, 0.3) is 0 Å². The van der Waals surface area contributed by atoms with Crippen LogP contribution < -0.4 is 5.32 Å². The van der Waals surface area contributed by atoms with E-state index >= 15 is 0 Å². The molecule has 0 spiro atoms. The third-order valence-corrected chi connectivity index (χ3v) is 4.76. The van der Waals surface area contributed by atoms with E-state index < -0.39 is 0 Å². The normalized spacial score (nSPS) is 23.7. The van der Waals surface area contributed by atoms with Crippen LogP contribution in [0, 0.1) is 11.8 Å². The van der Waals surface area contributed by atoms with Gasteiger partial charge in [0.1, 0.15) is 5.82 Å². The maximum atomic E-state index is 12.4. The second-order valence-electron chi connectivity index (χ2n) is 6.30. The maximum Gasteiger partial charge on any atom is 0.223 e. The van der Waals surface area contributed by atoms with Crippen LogP contribution in [0.2, 0.25) is 0 Å². The second kappa shape index (κ2) is 8.20. The molecule has 2 rings (SSSR count). The fraction of sp³-hybridized carbons (Fsp3) is 0.765. The number of unbranched alkanes of at least 4 members (excludes halogenated alkanes) is 1. The number of aromatic amines is 1. The van der Waals surface area contributed by atoms with E-state index in [2.05, 4.69) is 29.1 Å². The van der Waals surface area contributed by atoms with Gasteiger partial charge in [-0.1, -0.05) is 33.1 Å². The molecule has 2 N–H and O–H groups in total. The molecule has 4 heteroatoms. The molecule has 0 saturated heterocycles. The van der Waals surface area contributed by atoms with Gasteiger partial charge in [-0.15, -0.1) is 0 Å². The Morgan fingerprint density at radius 3 is 2.71 bits per heavy atom. The SMILES string of the molecule is CCCCC1CCC(C(=O)NC(CC)c2ncc[nH]2)CC1. The summed E-state index contributed by atoms with van der Waals surface area (Å²) < 4.78 is 0. The van der Waals surface area contributed by atoms with Gasteiger partial charge in [-0.2, -0.15) is 0 Å². The number of carbonyl (C=O) groups excluding carboxylic acids is 1. The van der Waals surface area contributed by atoms with Gasteiger partial charge in [0.15, 0.2) is 0 Å². The lowest BCUT2D eigenvalue weighted by Crippen LogP contribution is -2.36. The summed E-state index contributed by atoms with van der Waals surface area (Å²) in [4.78, 5) is 19.8. The van der Waals surface area contributed by atoms with Crippen LogP contribution in [0.1, 0.15) is 77.1 Å². The highest BCUT2D eigenvalue weighted by Gasteiger charge is 2.27. The summed E-state index contributed by atoms with van der Waals surface area (Å²) in [6.45, 7) is 4.33. The van der Waals surface area contributed by atoms with Crippen molar-refractivity contribution in [1.82, 2.24) is 15.3 Å². The van der Waals surface area contributed by atoms with Gasteiger partial charge in [-0.05, 0) is 38.0 Å². The quantitative estimate of drug-likeness (QED) is 0.798. The standard InChI is InChI=1S/C17H29N3O/c1-3-5-6-13-7-9-14(10-8-13)17(21)20-15(4-2)16-18-11-12-19-16/h11-15H,3-10H2,1-2H3,(H,18,19)(H,20,21). The lowest BCUT2D eigenvalue weighted by Gasteiger charge is -2.28. The number of amides is 1. The summed E-state index contributed by atoms with van der Waals surface area (Å²) in [7, 11) is 0. The van der Waals surface area contributed by atoms with E-state index in [-0.39, 0.29) is 17.9 Å². The minimum atomic E-state index is 0.0188. The Hall–Kier alpha value is -1.32. The molecule has 1 aromatic heterocycles. The monoisotopic (exact) mass is 291 g/mol. The van der Waals surface area contributed by atoms with Crippen molar-refractivity contribution in [3.63, 3.8) is 0 Å². The molecule has 0 bridgehead atoms. The predicted octanol–water partition coefficient (Wildman–Crippen LogP) is 3.97. The molecular formula is C17H29N3O. The summed E-state index contributed by atoms with van der Waals surface area (Å²) in [5, 5.41) is 3.16. The number of hydrogen-bond acceptors (Lipinski definition) is 2. The average molecular weight is 291 g/mol. The largest absolute Gasteiger partial charge is 0.347 e. The number of rotatable bonds is 7. The predicted molar refractivity (Wildman–Crippen MR) is 84.7 cm³/mol. The topological polar surface area (TPSA) is 57.8 Å². The van der Waals surface area contributed by atoms with Crippen LogP contribution in [0.15, 0.2) is 12.4 Å². The Morgan fingerprint density at radius 1 is 1.38 bits per heavy atom. The van der Waals surface area contributed by atoms with Gasteiger partial charge < -0.3 is 10.3 Å². The minimum Gasteiger partial charge on any atom is -0.347 e. The minimum absolute atomic E-state index is 0.0188. The van der Waals surface area contributed by atoms with Crippen LogP contribution in [-0.4, -0.2) is 15.9 Å². The lowest BCUT2D eigenvalue weighted by molar-refractivity contribution is -0.127. The third-order valence-electron chi connectivity index (χ3n) is 4.76. The van der Waals surface area contributed by atoms with Crippen molar-refractivity contribution in [1.29, 1.82) is 0 Å². The van der Waals surface area contributed by atoms with E-state index in [1.807, 2.05) is 6.20 Å². The Labute approximate surface area is 128 Å². The van der Waals surface area contributed by atoms with Gasteiger partial charge in [-0.25, -0.2) is 4.98 Å². The van der Waals surface area contributed by atoms with Crippen LogP contribution in [0.5, 0.6) is 0 Å². The summed E-state index contributed by atoms with van der Waals surface area (Å²) in [5.41, 5.74) is 0. The summed E-state index contributed by atoms with van der Waals surface area (Å²) in [5.74, 6) is 2.13. The highest BCUT2D eigenvalue weighted by Crippen LogP contribution is 2.32. The molecule has 0 aliphatic heterocycles. The van der Waals surface area contributed by atoms with Crippen molar-refractivity contribution >= 4 is 5.91 Å². The van der Waals surface area contributed by atoms with Gasteiger partial charge in [0.05, 0.1) is 6.04 Å². The number of aromatic nitrogens is 2. The van der Waals surface area contributed by atoms with Crippen LogP contribution in [-0.2, 0) is 4.79 Å². The van der Waals surface area contributed by atoms with Gasteiger partial charge >= 0.3 is 0 Å². The Bertz CT molecular complexity index is 408. The zero-order valence-electron chi connectivity index (χ0n) is 13.4. The van der Waals surface area contributed by atoms with E-state index in [0.29, 0.717) is 0 Å². The van der Waals surface area contributed by atoms with Crippen molar-refractivity contribution in [2.45, 2.75) is 71.3 Å². The summed E-state index contributed by atoms with van der Waals surface area (Å²) in [6.07, 6.45) is 12.9. The molecule has 1 unspecified atom stereocenters. The molecule has 118 valence electrons. The molecule has 1 aliphatic carbocycles. The van der Waals surface area contributed by atoms with E-state index in [1.54, 1.807) is 6.20 Å². The molecule has 1 saturated carbocycles. The van der Waals surface area contributed by atoms with Gasteiger partial charge in [0.2, 0.25) is 5.91 Å². The smallest absolute Gasteiger partial charge is 0.223 e. The number of carbonyl (C=O) groups is 1. The first kappa shape index (κ1) is 16.1. The molecule has 4 nitrogen and oxygen atoms in total. The summed E-state index contributed by atoms with van der Waals surface area (Å²) >= 11 is 0. The van der Waals surface area contributed by atoms with Crippen molar-refractivity contribution in [2.75, 3.05) is 0 Å². The molecular weight excluding hydrogens is 262 g/mol. The average Bonchev–Trinajstić information content (AvgIpc) is 3.05. The van der Waals surface area contributed by atoms with Crippen LogP contribution in [0.3, 0.4) is 0 Å². The van der Waals surface area contributed by atoms with E-state index in [9.17, 15) is 4.79 Å². The zero-order chi connectivity index (χ0) is 15.1. The van der Waals surface area contributed by atoms with Gasteiger partial charge in [-0.3, -0.25) is 4.79 Å². The van der Waals surface area contributed by atoms with Crippen LogP contribution in [0.4, 0.5) is 0 Å². The number of nitrogens with zero attached hydrogens (tertiary/aromatic N) is 1. The molecule has 1 fully saturated rings. The fourth-order valence-electron chi connectivity index (χ4n) is 3.33. The van der Waals surface area contributed by atoms with E-state index in [4.69, 9.17) is 0 Å². The number of imidazole rings is 1. The highest BCUT2D eigenvalue weighted by molar-refractivity contribution is 5.79. The van der Waals surface area contributed by atoms with Crippen LogP contribution >= 0.6 is 0 Å². The number of H-pyrrole nitrogens is 1. The molecule has 0 radical (unpaired) electrons. The number of hydrogen-bond donors (Lipinski definition) is 2.